The van der Waals surface area contributed by atoms with Crippen LogP contribution < -0.4 is 10.1 Å². The Bertz CT molecular complexity index is 990. The van der Waals surface area contributed by atoms with Crippen molar-refractivity contribution in [2.24, 2.45) is 0 Å². The lowest BCUT2D eigenvalue weighted by Gasteiger charge is -2.08. The van der Waals surface area contributed by atoms with Gasteiger partial charge in [-0.15, -0.1) is 0 Å². The molecule has 0 bridgehead atoms. The maximum atomic E-state index is 5.36. The normalized spacial score (nSPS) is 11.0. The Labute approximate surface area is 144 Å². The fourth-order valence-corrected chi connectivity index (χ4v) is 2.65. The lowest BCUT2D eigenvalue weighted by Crippen LogP contribution is -2.04. The minimum Gasteiger partial charge on any atom is -0.497 e. The number of nitrogens with one attached hydrogen (secondary N) is 1. The van der Waals surface area contributed by atoms with E-state index in [0.29, 0.717) is 12.4 Å². The van der Waals surface area contributed by atoms with Crippen LogP contribution in [0.15, 0.2) is 53.3 Å². The van der Waals surface area contributed by atoms with E-state index in [1.54, 1.807) is 24.3 Å². The lowest BCUT2D eigenvalue weighted by atomic mass is 10.3. The molecule has 1 aromatic carbocycles. The second-order valence-electron chi connectivity index (χ2n) is 5.54. The molecule has 0 saturated carbocycles. The van der Waals surface area contributed by atoms with Crippen molar-refractivity contribution in [3.05, 3.63) is 60.4 Å². The van der Waals surface area contributed by atoms with Gasteiger partial charge in [0, 0.05) is 0 Å². The zero-order valence-corrected chi connectivity index (χ0v) is 13.9. The quantitative estimate of drug-likeness (QED) is 0.603. The first kappa shape index (κ1) is 15.2. The monoisotopic (exact) mass is 335 g/mol. The van der Waals surface area contributed by atoms with E-state index in [1.165, 1.54) is 0 Å². The lowest BCUT2D eigenvalue weighted by molar-refractivity contribution is 0.414. The van der Waals surface area contributed by atoms with Crippen molar-refractivity contribution in [1.82, 2.24) is 19.7 Å². The molecule has 7 heteroatoms. The molecule has 3 aromatic heterocycles. The van der Waals surface area contributed by atoms with Crippen LogP contribution in [0.25, 0.3) is 16.7 Å². The van der Waals surface area contributed by atoms with Crippen molar-refractivity contribution in [3.63, 3.8) is 0 Å². The second kappa shape index (κ2) is 6.27. The minimum atomic E-state index is 0.548. The zero-order valence-electron chi connectivity index (χ0n) is 13.9. The molecule has 0 atom stereocenters. The van der Waals surface area contributed by atoms with Gasteiger partial charge in [0.1, 0.15) is 23.2 Å². The van der Waals surface area contributed by atoms with Crippen LogP contribution in [0, 0.1) is 6.92 Å². The van der Waals surface area contributed by atoms with Crippen molar-refractivity contribution >= 4 is 16.9 Å². The number of hydrogen-bond acceptors (Lipinski definition) is 6. The summed E-state index contributed by atoms with van der Waals surface area (Å²) in [7, 11) is 1.64. The Balaban J connectivity index is 1.72. The predicted octanol–water partition coefficient (Wildman–Crippen LogP) is 3.34. The molecule has 1 N–H and O–H groups in total. The maximum Gasteiger partial charge on any atom is 0.168 e. The summed E-state index contributed by atoms with van der Waals surface area (Å²) in [5.41, 5.74) is 1.66. The molecule has 0 unspecified atom stereocenters. The van der Waals surface area contributed by atoms with Gasteiger partial charge in [0.2, 0.25) is 0 Å². The van der Waals surface area contributed by atoms with Gasteiger partial charge < -0.3 is 14.5 Å². The van der Waals surface area contributed by atoms with Crippen LogP contribution in [0.4, 0.5) is 5.82 Å². The van der Waals surface area contributed by atoms with Gasteiger partial charge >= 0.3 is 0 Å². The second-order valence-corrected chi connectivity index (χ2v) is 5.54. The van der Waals surface area contributed by atoms with Gasteiger partial charge in [-0.2, -0.15) is 5.10 Å². The number of methoxy groups -OCH3 is 1. The third kappa shape index (κ3) is 2.91. The van der Waals surface area contributed by atoms with E-state index < -0.39 is 0 Å². The summed E-state index contributed by atoms with van der Waals surface area (Å²) in [4.78, 5) is 9.05. The highest BCUT2D eigenvalue weighted by atomic mass is 16.5. The Hall–Kier alpha value is -3.35. The minimum absolute atomic E-state index is 0.548. The highest BCUT2D eigenvalue weighted by molar-refractivity contribution is 5.87. The van der Waals surface area contributed by atoms with Crippen molar-refractivity contribution in [1.29, 1.82) is 0 Å². The zero-order chi connectivity index (χ0) is 17.2. The van der Waals surface area contributed by atoms with Gasteiger partial charge in [-0.1, -0.05) is 0 Å². The average molecular weight is 335 g/mol. The van der Waals surface area contributed by atoms with Crippen molar-refractivity contribution in [2.45, 2.75) is 13.5 Å². The molecule has 4 rings (SSSR count). The Morgan fingerprint density at radius 3 is 2.72 bits per heavy atom. The Morgan fingerprint density at radius 2 is 2.00 bits per heavy atom. The van der Waals surface area contributed by atoms with E-state index in [-0.39, 0.29) is 0 Å². The SMILES string of the molecule is COc1ccc(-n2ncc3c(NCc4ccco4)nc(C)nc32)cc1. The standard InChI is InChI=1S/C18H17N5O2/c1-12-21-17(19-10-15-4-3-9-25-15)16-11-20-23(18(16)22-12)13-5-7-14(24-2)8-6-13/h3-9,11H,10H2,1-2H3,(H,19,21,22). The number of benzene rings is 1. The Morgan fingerprint density at radius 1 is 1.16 bits per heavy atom. The van der Waals surface area contributed by atoms with Gasteiger partial charge in [0.25, 0.3) is 0 Å². The first-order valence-corrected chi connectivity index (χ1v) is 7.87. The third-order valence-electron chi connectivity index (χ3n) is 3.87. The summed E-state index contributed by atoms with van der Waals surface area (Å²) in [6.07, 6.45) is 3.42. The number of nitrogens with zero attached hydrogens (tertiary/aromatic N) is 4. The first-order valence-electron chi connectivity index (χ1n) is 7.87. The van der Waals surface area contributed by atoms with Crippen LogP contribution in [0.2, 0.25) is 0 Å². The van der Waals surface area contributed by atoms with E-state index in [4.69, 9.17) is 9.15 Å². The van der Waals surface area contributed by atoms with Crippen LogP contribution >= 0.6 is 0 Å². The summed E-state index contributed by atoms with van der Waals surface area (Å²) < 4.78 is 12.4. The van der Waals surface area contributed by atoms with E-state index in [9.17, 15) is 0 Å². The average Bonchev–Trinajstić information content (AvgIpc) is 3.29. The van der Waals surface area contributed by atoms with E-state index in [1.807, 2.05) is 43.3 Å². The highest BCUT2D eigenvalue weighted by Crippen LogP contribution is 2.24. The van der Waals surface area contributed by atoms with Gasteiger partial charge in [0.15, 0.2) is 5.65 Å². The molecule has 126 valence electrons. The van der Waals surface area contributed by atoms with Gasteiger partial charge in [-0.25, -0.2) is 14.6 Å². The smallest absolute Gasteiger partial charge is 0.168 e. The van der Waals surface area contributed by atoms with E-state index >= 15 is 0 Å². The highest BCUT2D eigenvalue weighted by Gasteiger charge is 2.13. The molecule has 0 spiro atoms. The van der Waals surface area contributed by atoms with Gasteiger partial charge in [-0.3, -0.25) is 0 Å². The molecule has 7 nitrogen and oxygen atoms in total. The van der Waals surface area contributed by atoms with Gasteiger partial charge in [0.05, 0.1) is 37.2 Å². The molecular formula is C18H17N5O2. The van der Waals surface area contributed by atoms with Crippen molar-refractivity contribution in [3.8, 4) is 11.4 Å². The van der Waals surface area contributed by atoms with Crippen molar-refractivity contribution in [2.75, 3.05) is 12.4 Å². The van der Waals surface area contributed by atoms with Crippen molar-refractivity contribution < 1.29 is 9.15 Å². The third-order valence-corrected chi connectivity index (χ3v) is 3.87. The van der Waals surface area contributed by atoms with Crippen LogP contribution in [-0.4, -0.2) is 26.9 Å². The summed E-state index contributed by atoms with van der Waals surface area (Å²) in [6.45, 7) is 2.41. The largest absolute Gasteiger partial charge is 0.497 e. The van der Waals surface area contributed by atoms with Crippen LogP contribution in [-0.2, 0) is 6.54 Å². The molecule has 3 heterocycles. The van der Waals surface area contributed by atoms with Crippen LogP contribution in [0.5, 0.6) is 5.75 Å². The number of ether oxygens (including phenoxy) is 1. The number of furan rings is 1. The van der Waals surface area contributed by atoms with Crippen LogP contribution in [0.3, 0.4) is 0 Å². The van der Waals surface area contributed by atoms with E-state index in [0.717, 1.165) is 34.0 Å². The Kier molecular flexibility index (Phi) is 3.81. The molecular weight excluding hydrogens is 318 g/mol. The molecule has 0 radical (unpaired) electrons. The van der Waals surface area contributed by atoms with Crippen LogP contribution in [0.1, 0.15) is 11.6 Å². The molecule has 0 aliphatic heterocycles. The summed E-state index contributed by atoms with van der Waals surface area (Å²) >= 11 is 0. The molecule has 0 amide bonds. The fourth-order valence-electron chi connectivity index (χ4n) is 2.65. The number of rotatable bonds is 5. The predicted molar refractivity (Wildman–Crippen MR) is 94.0 cm³/mol. The molecule has 0 aliphatic carbocycles. The van der Waals surface area contributed by atoms with Gasteiger partial charge in [-0.05, 0) is 43.3 Å². The summed E-state index contributed by atoms with van der Waals surface area (Å²) in [6, 6.07) is 11.5. The molecule has 0 fully saturated rings. The van der Waals surface area contributed by atoms with E-state index in [2.05, 4.69) is 20.4 Å². The molecule has 0 aliphatic rings. The fraction of sp³-hybridized carbons (Fsp3) is 0.167. The number of hydrogen-bond donors (Lipinski definition) is 1. The number of anilines is 1. The topological polar surface area (TPSA) is 78.0 Å². The molecule has 25 heavy (non-hydrogen) atoms. The number of aryl methyl sites for hydroxylation is 1. The molecule has 4 aromatic rings. The summed E-state index contributed by atoms with van der Waals surface area (Å²) in [5.74, 6) is 3.04. The summed E-state index contributed by atoms with van der Waals surface area (Å²) in [5, 5.41) is 8.63. The maximum absolute atomic E-state index is 5.36. The molecule has 0 saturated heterocycles. The first-order chi connectivity index (χ1) is 12.2. The number of aromatic nitrogens is 4. The number of fused-ring (bicyclic) bond motifs is 1.